The third-order valence-electron chi connectivity index (χ3n) is 3.19. The average Bonchev–Trinajstić information content (AvgIpc) is 2.85. The molecule has 0 aliphatic rings. The monoisotopic (exact) mass is 257 g/mol. The predicted molar refractivity (Wildman–Crippen MR) is 80.4 cm³/mol. The highest BCUT2D eigenvalue weighted by atomic mass is 15.3. The molecule has 0 unspecified atom stereocenters. The highest BCUT2D eigenvalue weighted by Gasteiger charge is 2.01. The van der Waals surface area contributed by atoms with Crippen LogP contribution in [0.2, 0.25) is 0 Å². The summed E-state index contributed by atoms with van der Waals surface area (Å²) in [4.78, 5) is 0. The molecule has 102 valence electrons. The van der Waals surface area contributed by atoms with Gasteiger partial charge in [-0.15, -0.1) is 0 Å². The van der Waals surface area contributed by atoms with Crippen LogP contribution in [0.4, 0.5) is 5.69 Å². The van der Waals surface area contributed by atoms with E-state index in [1.807, 2.05) is 10.9 Å². The van der Waals surface area contributed by atoms with Crippen LogP contribution in [0.1, 0.15) is 44.2 Å². The fraction of sp³-hybridized carbons (Fsp3) is 0.438. The van der Waals surface area contributed by atoms with Crippen molar-refractivity contribution in [1.82, 2.24) is 9.78 Å². The summed E-state index contributed by atoms with van der Waals surface area (Å²) in [6, 6.07) is 8.62. The van der Waals surface area contributed by atoms with Gasteiger partial charge >= 0.3 is 0 Å². The van der Waals surface area contributed by atoms with Crippen LogP contribution in [0.5, 0.6) is 0 Å². The van der Waals surface area contributed by atoms with E-state index in [0.717, 1.165) is 19.5 Å². The van der Waals surface area contributed by atoms with Gasteiger partial charge in [0, 0.05) is 30.5 Å². The van der Waals surface area contributed by atoms with E-state index in [2.05, 4.69) is 61.6 Å². The van der Waals surface area contributed by atoms with E-state index in [0.29, 0.717) is 5.92 Å². The summed E-state index contributed by atoms with van der Waals surface area (Å²) < 4.78 is 2.00. The number of hydrogen-bond donors (Lipinski definition) is 1. The lowest BCUT2D eigenvalue weighted by Gasteiger charge is -2.09. The van der Waals surface area contributed by atoms with Gasteiger partial charge in [0.2, 0.25) is 0 Å². The van der Waals surface area contributed by atoms with Crippen molar-refractivity contribution in [2.24, 2.45) is 0 Å². The van der Waals surface area contributed by atoms with Crippen LogP contribution in [0.15, 0.2) is 36.7 Å². The van der Waals surface area contributed by atoms with Gasteiger partial charge in [-0.3, -0.25) is 4.68 Å². The maximum atomic E-state index is 4.34. The SMILES string of the molecule is CCCn1cc(CNc2cccc(C(C)C)c2)cn1. The molecule has 0 radical (unpaired) electrons. The highest BCUT2D eigenvalue weighted by Crippen LogP contribution is 2.18. The molecule has 1 aromatic carbocycles. The Morgan fingerprint density at radius 3 is 2.89 bits per heavy atom. The molecule has 3 nitrogen and oxygen atoms in total. The smallest absolute Gasteiger partial charge is 0.0539 e. The van der Waals surface area contributed by atoms with E-state index >= 15 is 0 Å². The minimum Gasteiger partial charge on any atom is -0.381 e. The Morgan fingerprint density at radius 2 is 2.16 bits per heavy atom. The Kier molecular flexibility index (Phi) is 4.61. The molecule has 0 amide bonds. The van der Waals surface area contributed by atoms with Gasteiger partial charge in [0.05, 0.1) is 6.20 Å². The Bertz CT molecular complexity index is 514. The van der Waals surface area contributed by atoms with E-state index in [1.165, 1.54) is 16.8 Å². The van der Waals surface area contributed by atoms with Gasteiger partial charge in [-0.2, -0.15) is 5.10 Å². The zero-order chi connectivity index (χ0) is 13.7. The number of aryl methyl sites for hydroxylation is 1. The highest BCUT2D eigenvalue weighted by molar-refractivity contribution is 5.46. The van der Waals surface area contributed by atoms with E-state index in [9.17, 15) is 0 Å². The summed E-state index contributed by atoms with van der Waals surface area (Å²) >= 11 is 0. The van der Waals surface area contributed by atoms with Crippen molar-refractivity contribution in [2.75, 3.05) is 5.32 Å². The standard InChI is InChI=1S/C16H23N3/c1-4-8-19-12-14(11-18-19)10-17-16-7-5-6-15(9-16)13(2)3/h5-7,9,11-13,17H,4,8,10H2,1-3H3. The zero-order valence-electron chi connectivity index (χ0n) is 12.1. The van der Waals surface area contributed by atoms with E-state index in [4.69, 9.17) is 0 Å². The molecular formula is C16H23N3. The molecular weight excluding hydrogens is 234 g/mol. The first kappa shape index (κ1) is 13.7. The number of rotatable bonds is 6. The molecule has 0 saturated carbocycles. The molecule has 0 aliphatic heterocycles. The number of nitrogens with zero attached hydrogens (tertiary/aromatic N) is 2. The van der Waals surface area contributed by atoms with E-state index in [-0.39, 0.29) is 0 Å². The number of nitrogens with one attached hydrogen (secondary N) is 1. The molecule has 0 atom stereocenters. The van der Waals surface area contributed by atoms with Gasteiger partial charge in [-0.05, 0) is 30.0 Å². The molecule has 3 heteroatoms. The normalized spacial score (nSPS) is 10.9. The molecule has 0 aliphatic carbocycles. The molecule has 0 saturated heterocycles. The van der Waals surface area contributed by atoms with Crippen molar-refractivity contribution < 1.29 is 0 Å². The van der Waals surface area contributed by atoms with Gasteiger partial charge in [-0.1, -0.05) is 32.9 Å². The summed E-state index contributed by atoms with van der Waals surface area (Å²) in [7, 11) is 0. The lowest BCUT2D eigenvalue weighted by atomic mass is 10.0. The van der Waals surface area contributed by atoms with Crippen LogP contribution < -0.4 is 5.32 Å². The summed E-state index contributed by atoms with van der Waals surface area (Å²) in [6.07, 6.45) is 5.17. The largest absolute Gasteiger partial charge is 0.381 e. The topological polar surface area (TPSA) is 29.9 Å². The molecule has 1 aromatic heterocycles. The molecule has 2 rings (SSSR count). The van der Waals surface area contributed by atoms with Crippen LogP contribution >= 0.6 is 0 Å². The Balaban J connectivity index is 1.95. The van der Waals surface area contributed by atoms with E-state index in [1.54, 1.807) is 0 Å². The average molecular weight is 257 g/mol. The van der Waals surface area contributed by atoms with Crippen LogP contribution in [0, 0.1) is 0 Å². The number of benzene rings is 1. The number of aromatic nitrogens is 2. The molecule has 0 spiro atoms. The van der Waals surface area contributed by atoms with Crippen molar-refractivity contribution in [3.63, 3.8) is 0 Å². The van der Waals surface area contributed by atoms with Crippen molar-refractivity contribution in [2.45, 2.75) is 46.2 Å². The van der Waals surface area contributed by atoms with E-state index < -0.39 is 0 Å². The third-order valence-corrected chi connectivity index (χ3v) is 3.19. The molecule has 1 N–H and O–H groups in total. The van der Waals surface area contributed by atoms with Gasteiger partial charge in [0.1, 0.15) is 0 Å². The summed E-state index contributed by atoms with van der Waals surface area (Å²) in [6.45, 7) is 8.41. The Labute approximate surface area is 115 Å². The quantitative estimate of drug-likeness (QED) is 0.846. The minimum atomic E-state index is 0.564. The first-order valence-electron chi connectivity index (χ1n) is 7.04. The number of hydrogen-bond acceptors (Lipinski definition) is 2. The van der Waals surface area contributed by atoms with Crippen LogP contribution in [-0.2, 0) is 13.1 Å². The minimum absolute atomic E-state index is 0.564. The first-order valence-corrected chi connectivity index (χ1v) is 7.04. The second kappa shape index (κ2) is 6.41. The summed E-state index contributed by atoms with van der Waals surface area (Å²) in [5.41, 5.74) is 3.77. The van der Waals surface area contributed by atoms with Crippen LogP contribution in [-0.4, -0.2) is 9.78 Å². The zero-order valence-corrected chi connectivity index (χ0v) is 12.1. The maximum Gasteiger partial charge on any atom is 0.0539 e. The van der Waals surface area contributed by atoms with Crippen molar-refractivity contribution in [3.8, 4) is 0 Å². The first-order chi connectivity index (χ1) is 9.19. The van der Waals surface area contributed by atoms with Crippen molar-refractivity contribution >= 4 is 5.69 Å². The van der Waals surface area contributed by atoms with Gasteiger partial charge < -0.3 is 5.32 Å². The van der Waals surface area contributed by atoms with Gasteiger partial charge in [0.25, 0.3) is 0 Å². The van der Waals surface area contributed by atoms with Gasteiger partial charge in [-0.25, -0.2) is 0 Å². The lowest BCUT2D eigenvalue weighted by molar-refractivity contribution is 0.602. The summed E-state index contributed by atoms with van der Waals surface area (Å²) in [5, 5.41) is 7.80. The second-order valence-corrected chi connectivity index (χ2v) is 5.25. The molecule has 0 fully saturated rings. The van der Waals surface area contributed by atoms with Gasteiger partial charge in [0.15, 0.2) is 0 Å². The third kappa shape index (κ3) is 3.85. The Morgan fingerprint density at radius 1 is 1.32 bits per heavy atom. The van der Waals surface area contributed by atoms with Crippen molar-refractivity contribution in [3.05, 3.63) is 47.8 Å². The molecule has 2 aromatic rings. The maximum absolute atomic E-state index is 4.34. The van der Waals surface area contributed by atoms with Crippen LogP contribution in [0.25, 0.3) is 0 Å². The molecule has 0 bridgehead atoms. The lowest BCUT2D eigenvalue weighted by Crippen LogP contribution is -2.00. The fourth-order valence-electron chi connectivity index (χ4n) is 2.06. The predicted octanol–water partition coefficient (Wildman–Crippen LogP) is 4.03. The molecule has 19 heavy (non-hydrogen) atoms. The second-order valence-electron chi connectivity index (χ2n) is 5.25. The van der Waals surface area contributed by atoms with Crippen molar-refractivity contribution in [1.29, 1.82) is 0 Å². The fourth-order valence-corrected chi connectivity index (χ4v) is 2.06. The van der Waals surface area contributed by atoms with Crippen LogP contribution in [0.3, 0.4) is 0 Å². The number of anilines is 1. The summed E-state index contributed by atoms with van der Waals surface area (Å²) in [5.74, 6) is 0.564. The molecule has 1 heterocycles. The Hall–Kier alpha value is -1.77.